The van der Waals surface area contributed by atoms with Crippen molar-refractivity contribution in [3.05, 3.63) is 41.7 Å². The lowest BCUT2D eigenvalue weighted by Crippen LogP contribution is -2.40. The summed E-state index contributed by atoms with van der Waals surface area (Å²) in [6.07, 6.45) is 2.33. The minimum absolute atomic E-state index is 0.0825. The van der Waals surface area contributed by atoms with Crippen LogP contribution in [0.3, 0.4) is 0 Å². The zero-order valence-corrected chi connectivity index (χ0v) is 11.1. The predicted octanol–water partition coefficient (Wildman–Crippen LogP) is 0.674. The lowest BCUT2D eigenvalue weighted by Gasteiger charge is -2.11. The topological polar surface area (TPSA) is 109 Å². The van der Waals surface area contributed by atoms with Crippen molar-refractivity contribution in [1.29, 1.82) is 0 Å². The molecule has 0 spiro atoms. The molecule has 7 heteroatoms. The zero-order valence-electron chi connectivity index (χ0n) is 11.1. The van der Waals surface area contributed by atoms with Crippen LogP contribution in [0.4, 0.5) is 4.39 Å². The van der Waals surface area contributed by atoms with Gasteiger partial charge in [0.05, 0.1) is 0 Å². The highest BCUT2D eigenvalue weighted by Crippen LogP contribution is 2.04. The second-order valence-corrected chi connectivity index (χ2v) is 4.29. The number of carboxylic acids is 1. The highest BCUT2D eigenvalue weighted by Gasteiger charge is 2.19. The van der Waals surface area contributed by atoms with Crippen LogP contribution in [0.5, 0.6) is 0 Å². The zero-order chi connectivity index (χ0) is 15.8. The van der Waals surface area contributed by atoms with Crippen LogP contribution in [0.2, 0.25) is 0 Å². The van der Waals surface area contributed by atoms with Gasteiger partial charge in [0, 0.05) is 12.5 Å². The van der Waals surface area contributed by atoms with Crippen molar-refractivity contribution in [3.63, 3.8) is 0 Å². The van der Waals surface area contributed by atoms with Crippen LogP contribution < -0.4 is 11.1 Å². The Labute approximate surface area is 120 Å². The third-order valence-electron chi connectivity index (χ3n) is 2.59. The summed E-state index contributed by atoms with van der Waals surface area (Å²) in [4.78, 5) is 33.1. The number of primary amides is 1. The number of benzene rings is 1. The van der Waals surface area contributed by atoms with Crippen LogP contribution in [0.1, 0.15) is 18.4 Å². The molecule has 2 amide bonds. The monoisotopic (exact) mass is 294 g/mol. The van der Waals surface area contributed by atoms with Gasteiger partial charge < -0.3 is 16.2 Å². The molecule has 0 aliphatic rings. The molecule has 1 rings (SSSR count). The summed E-state index contributed by atoms with van der Waals surface area (Å²) in [5, 5.41) is 11.2. The molecule has 1 aromatic rings. The molecule has 0 aliphatic heterocycles. The van der Waals surface area contributed by atoms with Gasteiger partial charge in [0.15, 0.2) is 0 Å². The number of rotatable bonds is 7. The van der Waals surface area contributed by atoms with Gasteiger partial charge in [0.25, 0.3) is 0 Å². The van der Waals surface area contributed by atoms with Gasteiger partial charge in [-0.2, -0.15) is 0 Å². The van der Waals surface area contributed by atoms with Crippen molar-refractivity contribution in [1.82, 2.24) is 5.32 Å². The summed E-state index contributed by atoms with van der Waals surface area (Å²) in [5.41, 5.74) is 5.52. The fourth-order valence-corrected chi connectivity index (χ4v) is 1.51. The van der Waals surface area contributed by atoms with E-state index in [9.17, 15) is 18.8 Å². The fraction of sp³-hybridized carbons (Fsp3) is 0.214. The number of carbonyl (C=O) groups is 3. The Balaban J connectivity index is 2.59. The van der Waals surface area contributed by atoms with Gasteiger partial charge in [0.1, 0.15) is 11.9 Å². The van der Waals surface area contributed by atoms with E-state index in [-0.39, 0.29) is 12.8 Å². The molecule has 21 heavy (non-hydrogen) atoms. The van der Waals surface area contributed by atoms with Crippen molar-refractivity contribution < 1.29 is 23.9 Å². The minimum Gasteiger partial charge on any atom is -0.480 e. The molecule has 6 nitrogen and oxygen atoms in total. The molecule has 0 saturated heterocycles. The van der Waals surface area contributed by atoms with Crippen molar-refractivity contribution in [2.75, 3.05) is 0 Å². The molecule has 0 saturated carbocycles. The van der Waals surface area contributed by atoms with Crippen LogP contribution in [0, 0.1) is 5.82 Å². The van der Waals surface area contributed by atoms with Gasteiger partial charge in [-0.05, 0) is 30.2 Å². The van der Waals surface area contributed by atoms with E-state index in [2.05, 4.69) is 5.32 Å². The maximum absolute atomic E-state index is 12.7. The third-order valence-corrected chi connectivity index (χ3v) is 2.59. The molecular weight excluding hydrogens is 279 g/mol. The van der Waals surface area contributed by atoms with E-state index in [0.717, 1.165) is 6.08 Å². The molecule has 0 heterocycles. The van der Waals surface area contributed by atoms with Gasteiger partial charge in [-0.3, -0.25) is 9.59 Å². The second-order valence-electron chi connectivity index (χ2n) is 4.29. The average Bonchev–Trinajstić information content (AvgIpc) is 2.42. The number of nitrogens with two attached hydrogens (primary N) is 1. The molecule has 112 valence electrons. The summed E-state index contributed by atoms with van der Waals surface area (Å²) < 4.78 is 12.7. The summed E-state index contributed by atoms with van der Waals surface area (Å²) in [7, 11) is 0. The van der Waals surface area contributed by atoms with E-state index in [1.807, 2.05) is 0 Å². The van der Waals surface area contributed by atoms with Crippen molar-refractivity contribution >= 4 is 23.9 Å². The number of carboxylic acid groups (broad SMARTS) is 1. The van der Waals surface area contributed by atoms with Crippen molar-refractivity contribution in [2.24, 2.45) is 5.73 Å². The Bertz CT molecular complexity index is 555. The van der Waals surface area contributed by atoms with E-state index in [1.54, 1.807) is 0 Å². The lowest BCUT2D eigenvalue weighted by molar-refractivity contribution is -0.141. The first-order valence-corrected chi connectivity index (χ1v) is 6.13. The second kappa shape index (κ2) is 7.78. The first kappa shape index (κ1) is 16.4. The van der Waals surface area contributed by atoms with Crippen molar-refractivity contribution in [2.45, 2.75) is 18.9 Å². The van der Waals surface area contributed by atoms with Gasteiger partial charge in [-0.15, -0.1) is 0 Å². The van der Waals surface area contributed by atoms with Crippen LogP contribution in [-0.2, 0) is 14.4 Å². The number of hydrogen-bond acceptors (Lipinski definition) is 3. The maximum atomic E-state index is 12.7. The highest BCUT2D eigenvalue weighted by molar-refractivity contribution is 5.94. The highest BCUT2D eigenvalue weighted by atomic mass is 19.1. The van der Waals surface area contributed by atoms with Gasteiger partial charge in [0.2, 0.25) is 11.8 Å². The number of halogens is 1. The fourth-order valence-electron chi connectivity index (χ4n) is 1.51. The lowest BCUT2D eigenvalue weighted by atomic mass is 10.1. The Kier molecular flexibility index (Phi) is 6.06. The van der Waals surface area contributed by atoms with Crippen molar-refractivity contribution in [3.8, 4) is 0 Å². The Morgan fingerprint density at radius 1 is 1.29 bits per heavy atom. The van der Waals surface area contributed by atoms with E-state index in [1.165, 1.54) is 30.3 Å². The van der Waals surface area contributed by atoms with Crippen LogP contribution in [0.25, 0.3) is 6.08 Å². The first-order valence-electron chi connectivity index (χ1n) is 6.13. The Morgan fingerprint density at radius 3 is 2.43 bits per heavy atom. The summed E-state index contributed by atoms with van der Waals surface area (Å²) >= 11 is 0. The predicted molar refractivity (Wildman–Crippen MR) is 73.4 cm³/mol. The van der Waals surface area contributed by atoms with Crippen LogP contribution >= 0.6 is 0 Å². The molecule has 1 unspecified atom stereocenters. The summed E-state index contributed by atoms with van der Waals surface area (Å²) in [5.74, 6) is -2.91. The number of aliphatic carboxylic acids is 1. The number of nitrogens with one attached hydrogen (secondary N) is 1. The summed E-state index contributed by atoms with van der Waals surface area (Å²) in [6.45, 7) is 0. The standard InChI is InChI=1S/C14H15FN2O4/c15-10-4-1-9(2-5-10)3-8-13(19)17-11(14(20)21)6-7-12(16)18/h1-5,8,11H,6-7H2,(H2,16,18)(H,17,19)(H,20,21)/b8-3+. The van der Waals surface area contributed by atoms with E-state index < -0.39 is 29.6 Å². The number of hydrogen-bond donors (Lipinski definition) is 3. The molecular formula is C14H15FN2O4. The van der Waals surface area contributed by atoms with Gasteiger partial charge in [-0.25, -0.2) is 9.18 Å². The number of amides is 2. The normalized spacial score (nSPS) is 12.0. The molecule has 0 bridgehead atoms. The Morgan fingerprint density at radius 2 is 1.90 bits per heavy atom. The third kappa shape index (κ3) is 6.33. The quantitative estimate of drug-likeness (QED) is 0.642. The van der Waals surface area contributed by atoms with E-state index >= 15 is 0 Å². The van der Waals surface area contributed by atoms with Crippen LogP contribution in [-0.4, -0.2) is 28.9 Å². The average molecular weight is 294 g/mol. The molecule has 4 N–H and O–H groups in total. The Hall–Kier alpha value is -2.70. The van der Waals surface area contributed by atoms with Gasteiger partial charge >= 0.3 is 5.97 Å². The summed E-state index contributed by atoms with van der Waals surface area (Å²) in [6, 6.07) is 4.24. The molecule has 0 aromatic heterocycles. The van der Waals surface area contributed by atoms with E-state index in [0.29, 0.717) is 5.56 Å². The SMILES string of the molecule is NC(=O)CCC(NC(=O)/C=C/c1ccc(F)cc1)C(=O)O. The van der Waals surface area contributed by atoms with Crippen LogP contribution in [0.15, 0.2) is 30.3 Å². The molecule has 0 radical (unpaired) electrons. The molecule has 1 aromatic carbocycles. The maximum Gasteiger partial charge on any atom is 0.326 e. The van der Waals surface area contributed by atoms with E-state index in [4.69, 9.17) is 10.8 Å². The first-order chi connectivity index (χ1) is 9.88. The molecule has 0 fully saturated rings. The smallest absolute Gasteiger partial charge is 0.326 e. The van der Waals surface area contributed by atoms with Gasteiger partial charge in [-0.1, -0.05) is 12.1 Å². The number of carbonyl (C=O) groups excluding carboxylic acids is 2. The largest absolute Gasteiger partial charge is 0.480 e. The molecule has 1 atom stereocenters. The minimum atomic E-state index is -1.25. The molecule has 0 aliphatic carbocycles.